The Morgan fingerprint density at radius 2 is 1.87 bits per heavy atom. The molecule has 0 aromatic carbocycles. The number of hydrogen-bond donors (Lipinski definition) is 0. The highest BCUT2D eigenvalue weighted by atomic mass is 35.5. The quantitative estimate of drug-likeness (QED) is 0.720. The van der Waals surface area contributed by atoms with Crippen LogP contribution in [0.15, 0.2) is 0 Å². The Labute approximate surface area is 102 Å². The smallest absolute Gasteiger partial charge is 0.132 e. The van der Waals surface area contributed by atoms with Crippen LogP contribution < -0.4 is 0 Å². The average Bonchev–Trinajstić information content (AvgIpc) is 2.41. The van der Waals surface area contributed by atoms with E-state index in [1.165, 1.54) is 0 Å². The van der Waals surface area contributed by atoms with Gasteiger partial charge in [0, 0.05) is 17.0 Å². The van der Waals surface area contributed by atoms with E-state index in [0.29, 0.717) is 11.0 Å². The first-order valence-corrected chi connectivity index (χ1v) is 6.03. The molecule has 0 aliphatic carbocycles. The topological polar surface area (TPSA) is 17.8 Å². The number of hydrogen-bond acceptors (Lipinski definition) is 1. The summed E-state index contributed by atoms with van der Waals surface area (Å²) in [7, 11) is 0. The maximum Gasteiger partial charge on any atom is 0.132 e. The summed E-state index contributed by atoms with van der Waals surface area (Å²) >= 11 is 12.2. The molecule has 0 saturated heterocycles. The molecule has 0 atom stereocenters. The van der Waals surface area contributed by atoms with Crippen LogP contribution in [0.1, 0.15) is 51.9 Å². The first-order chi connectivity index (χ1) is 6.79. The van der Waals surface area contributed by atoms with Crippen molar-refractivity contribution in [3.05, 3.63) is 16.4 Å². The van der Waals surface area contributed by atoms with Crippen molar-refractivity contribution in [3.8, 4) is 0 Å². The molecule has 0 bridgehead atoms. The van der Waals surface area contributed by atoms with Crippen molar-refractivity contribution in [2.45, 2.75) is 52.0 Å². The molecule has 0 unspecified atom stereocenters. The molecule has 2 nitrogen and oxygen atoms in total. The van der Waals surface area contributed by atoms with E-state index in [4.69, 9.17) is 23.2 Å². The van der Waals surface area contributed by atoms with Crippen molar-refractivity contribution < 1.29 is 0 Å². The van der Waals surface area contributed by atoms with Crippen LogP contribution in [-0.4, -0.2) is 9.78 Å². The molecule has 15 heavy (non-hydrogen) atoms. The molecule has 1 rings (SSSR count). The molecular formula is C11H18Cl2N2. The van der Waals surface area contributed by atoms with Gasteiger partial charge in [-0.05, 0) is 13.8 Å². The molecule has 0 amide bonds. The zero-order valence-electron chi connectivity index (χ0n) is 9.93. The van der Waals surface area contributed by atoms with Crippen LogP contribution in [0.25, 0.3) is 0 Å². The van der Waals surface area contributed by atoms with Crippen molar-refractivity contribution >= 4 is 23.2 Å². The molecule has 0 spiro atoms. The molecule has 0 aliphatic heterocycles. The first kappa shape index (κ1) is 12.9. The summed E-state index contributed by atoms with van der Waals surface area (Å²) in [4.78, 5) is 0. The van der Waals surface area contributed by atoms with Crippen LogP contribution in [0, 0.1) is 0 Å². The molecular weight excluding hydrogens is 231 g/mol. The largest absolute Gasteiger partial charge is 0.251 e. The summed E-state index contributed by atoms with van der Waals surface area (Å²) in [5, 5.41) is 5.22. The Kier molecular flexibility index (Phi) is 3.72. The summed E-state index contributed by atoms with van der Waals surface area (Å²) in [5.41, 5.74) is 1.93. The molecule has 86 valence electrons. The van der Waals surface area contributed by atoms with Crippen molar-refractivity contribution in [1.82, 2.24) is 9.78 Å². The Morgan fingerprint density at radius 1 is 1.33 bits per heavy atom. The van der Waals surface area contributed by atoms with Crippen LogP contribution >= 0.6 is 23.2 Å². The fraction of sp³-hybridized carbons (Fsp3) is 0.727. The SMILES string of the molecule is CC(C)n1nc(C(C)(C)C)c(CCl)c1Cl. The maximum absolute atomic E-state index is 6.25. The lowest BCUT2D eigenvalue weighted by Crippen LogP contribution is -2.15. The van der Waals surface area contributed by atoms with E-state index >= 15 is 0 Å². The fourth-order valence-corrected chi connectivity index (χ4v) is 2.22. The lowest BCUT2D eigenvalue weighted by atomic mass is 9.90. The van der Waals surface area contributed by atoms with Gasteiger partial charge >= 0.3 is 0 Å². The molecule has 0 saturated carbocycles. The number of nitrogens with zero attached hydrogens (tertiary/aromatic N) is 2. The Hall–Kier alpha value is -0.210. The zero-order chi connectivity index (χ0) is 11.8. The van der Waals surface area contributed by atoms with Crippen LogP contribution in [-0.2, 0) is 11.3 Å². The van der Waals surface area contributed by atoms with E-state index in [2.05, 4.69) is 39.7 Å². The highest BCUT2D eigenvalue weighted by Crippen LogP contribution is 2.32. The second-order valence-electron chi connectivity index (χ2n) is 5.04. The standard InChI is InChI=1S/C11H18Cl2N2/c1-7(2)15-10(13)8(6-12)9(14-15)11(3,4)5/h7H,6H2,1-5H3. The molecule has 4 heteroatoms. The number of alkyl halides is 1. The number of rotatable bonds is 2. The van der Waals surface area contributed by atoms with Gasteiger partial charge < -0.3 is 0 Å². The molecule has 0 aliphatic rings. The lowest BCUT2D eigenvalue weighted by Gasteiger charge is -2.16. The van der Waals surface area contributed by atoms with E-state index < -0.39 is 0 Å². The van der Waals surface area contributed by atoms with Crippen molar-refractivity contribution in [2.75, 3.05) is 0 Å². The second kappa shape index (κ2) is 4.34. The lowest BCUT2D eigenvalue weighted by molar-refractivity contribution is 0.495. The molecule has 1 aromatic rings. The van der Waals surface area contributed by atoms with Crippen molar-refractivity contribution in [3.63, 3.8) is 0 Å². The minimum atomic E-state index is -0.0198. The minimum absolute atomic E-state index is 0.0198. The first-order valence-electron chi connectivity index (χ1n) is 5.12. The van der Waals surface area contributed by atoms with Crippen LogP contribution in [0.2, 0.25) is 5.15 Å². The van der Waals surface area contributed by atoms with Gasteiger partial charge in [0.2, 0.25) is 0 Å². The average molecular weight is 249 g/mol. The van der Waals surface area contributed by atoms with Gasteiger partial charge in [-0.25, -0.2) is 0 Å². The van der Waals surface area contributed by atoms with Gasteiger partial charge in [-0.3, -0.25) is 4.68 Å². The zero-order valence-corrected chi connectivity index (χ0v) is 11.4. The monoisotopic (exact) mass is 248 g/mol. The molecule has 0 fully saturated rings. The summed E-state index contributed by atoms with van der Waals surface area (Å²) in [6, 6.07) is 0.260. The number of aromatic nitrogens is 2. The Morgan fingerprint density at radius 3 is 2.13 bits per heavy atom. The number of halogens is 2. The molecule has 0 radical (unpaired) electrons. The summed E-state index contributed by atoms with van der Waals surface area (Å²) in [5.74, 6) is 0.415. The Bertz CT molecular complexity index is 348. The third-order valence-corrected chi connectivity index (χ3v) is 2.95. The van der Waals surface area contributed by atoms with Crippen LogP contribution in [0.3, 0.4) is 0 Å². The van der Waals surface area contributed by atoms with Gasteiger partial charge in [0.15, 0.2) is 0 Å². The highest BCUT2D eigenvalue weighted by Gasteiger charge is 2.26. The predicted octanol–water partition coefficient (Wildman–Crippen LogP) is 4.15. The Balaban J connectivity index is 3.35. The van der Waals surface area contributed by atoms with E-state index in [9.17, 15) is 0 Å². The van der Waals surface area contributed by atoms with Gasteiger partial charge in [-0.15, -0.1) is 11.6 Å². The van der Waals surface area contributed by atoms with Gasteiger partial charge in [0.1, 0.15) is 5.15 Å². The highest BCUT2D eigenvalue weighted by molar-refractivity contribution is 6.31. The predicted molar refractivity (Wildman–Crippen MR) is 65.9 cm³/mol. The van der Waals surface area contributed by atoms with Crippen LogP contribution in [0.5, 0.6) is 0 Å². The van der Waals surface area contributed by atoms with E-state index in [-0.39, 0.29) is 11.5 Å². The third kappa shape index (κ3) is 2.48. The van der Waals surface area contributed by atoms with Crippen LogP contribution in [0.4, 0.5) is 0 Å². The fourth-order valence-electron chi connectivity index (χ4n) is 1.51. The summed E-state index contributed by atoms with van der Waals surface area (Å²) in [6.45, 7) is 10.5. The molecule has 1 aromatic heterocycles. The van der Waals surface area contributed by atoms with E-state index in [1.807, 2.05) is 4.68 Å². The van der Waals surface area contributed by atoms with Gasteiger partial charge in [-0.1, -0.05) is 32.4 Å². The van der Waals surface area contributed by atoms with Crippen molar-refractivity contribution in [1.29, 1.82) is 0 Å². The summed E-state index contributed by atoms with van der Waals surface area (Å²) in [6.07, 6.45) is 0. The van der Waals surface area contributed by atoms with Gasteiger partial charge in [0.05, 0.1) is 11.6 Å². The van der Waals surface area contributed by atoms with E-state index in [0.717, 1.165) is 11.3 Å². The van der Waals surface area contributed by atoms with E-state index in [1.54, 1.807) is 0 Å². The molecule has 0 N–H and O–H groups in total. The summed E-state index contributed by atoms with van der Waals surface area (Å²) < 4.78 is 1.83. The third-order valence-electron chi connectivity index (χ3n) is 2.28. The normalized spacial score (nSPS) is 12.5. The molecule has 1 heterocycles. The second-order valence-corrected chi connectivity index (χ2v) is 5.67. The van der Waals surface area contributed by atoms with Crippen molar-refractivity contribution in [2.24, 2.45) is 0 Å². The minimum Gasteiger partial charge on any atom is -0.251 e. The maximum atomic E-state index is 6.25. The van der Waals surface area contributed by atoms with Gasteiger partial charge in [0.25, 0.3) is 0 Å². The van der Waals surface area contributed by atoms with Gasteiger partial charge in [-0.2, -0.15) is 5.10 Å².